The van der Waals surface area contributed by atoms with Crippen molar-refractivity contribution in [1.29, 1.82) is 5.26 Å². The molecule has 0 amide bonds. The molecule has 6 heteroatoms. The molecule has 0 N–H and O–H groups in total. The van der Waals surface area contributed by atoms with E-state index in [-0.39, 0.29) is 16.7 Å². The van der Waals surface area contributed by atoms with Gasteiger partial charge in [0.1, 0.15) is 5.38 Å². The van der Waals surface area contributed by atoms with E-state index in [1.165, 1.54) is 24.3 Å². The van der Waals surface area contributed by atoms with Crippen LogP contribution in [0.15, 0.2) is 29.2 Å². The number of halogens is 4. The van der Waals surface area contributed by atoms with Gasteiger partial charge >= 0.3 is 5.51 Å². The van der Waals surface area contributed by atoms with Crippen LogP contribution in [0.5, 0.6) is 0 Å². The highest BCUT2D eigenvalue weighted by atomic mass is 35.5. The summed E-state index contributed by atoms with van der Waals surface area (Å²) in [5, 5.41) is 7.65. The highest BCUT2D eigenvalue weighted by molar-refractivity contribution is 8.00. The average Bonchev–Trinajstić information content (AvgIpc) is 2.15. The van der Waals surface area contributed by atoms with Crippen LogP contribution in [0.1, 0.15) is 10.9 Å². The van der Waals surface area contributed by atoms with Crippen molar-refractivity contribution in [2.75, 3.05) is 0 Å². The molecular weight excluding hydrogens is 247 g/mol. The molecule has 0 radical (unpaired) electrons. The smallest absolute Gasteiger partial charge is 0.196 e. The molecule has 1 rings (SSSR count). The lowest BCUT2D eigenvalue weighted by Crippen LogP contribution is -1.98. The predicted molar refractivity (Wildman–Crippen MR) is 52.6 cm³/mol. The van der Waals surface area contributed by atoms with Crippen molar-refractivity contribution in [2.24, 2.45) is 0 Å². The maximum absolute atomic E-state index is 12.0. The zero-order valence-electron chi connectivity index (χ0n) is 7.25. The van der Waals surface area contributed by atoms with Crippen LogP contribution in [-0.2, 0) is 0 Å². The largest absolute Gasteiger partial charge is 0.446 e. The summed E-state index contributed by atoms with van der Waals surface area (Å²) in [7, 11) is 0. The van der Waals surface area contributed by atoms with E-state index in [2.05, 4.69) is 0 Å². The van der Waals surface area contributed by atoms with Gasteiger partial charge < -0.3 is 0 Å². The van der Waals surface area contributed by atoms with Crippen molar-refractivity contribution < 1.29 is 13.2 Å². The van der Waals surface area contributed by atoms with Gasteiger partial charge in [-0.25, -0.2) is 0 Å². The maximum Gasteiger partial charge on any atom is 0.446 e. The molecule has 0 aliphatic carbocycles. The van der Waals surface area contributed by atoms with Gasteiger partial charge in [0.2, 0.25) is 0 Å². The molecular formula is C9H5ClF3NS. The lowest BCUT2D eigenvalue weighted by molar-refractivity contribution is -0.0328. The van der Waals surface area contributed by atoms with Crippen LogP contribution in [0.3, 0.4) is 0 Å². The molecule has 1 atom stereocenters. The van der Waals surface area contributed by atoms with E-state index in [1.807, 2.05) is 0 Å². The lowest BCUT2D eigenvalue weighted by atomic mass is 10.2. The van der Waals surface area contributed by atoms with E-state index in [4.69, 9.17) is 16.9 Å². The highest BCUT2D eigenvalue weighted by Crippen LogP contribution is 2.37. The molecule has 1 aromatic carbocycles. The van der Waals surface area contributed by atoms with Crippen molar-refractivity contribution in [2.45, 2.75) is 15.8 Å². The summed E-state index contributed by atoms with van der Waals surface area (Å²) in [5.74, 6) is 0. The molecule has 80 valence electrons. The molecule has 0 aliphatic rings. The third kappa shape index (κ3) is 4.02. The minimum absolute atomic E-state index is 0.0769. The van der Waals surface area contributed by atoms with Crippen molar-refractivity contribution in [3.05, 3.63) is 29.8 Å². The lowest BCUT2D eigenvalue weighted by Gasteiger charge is -2.06. The summed E-state index contributed by atoms with van der Waals surface area (Å²) in [6, 6.07) is 7.19. The Morgan fingerprint density at radius 1 is 1.27 bits per heavy atom. The molecule has 0 saturated heterocycles. The number of thioether (sulfide) groups is 1. The fourth-order valence-electron chi connectivity index (χ4n) is 0.913. The SMILES string of the molecule is N#CC(Cl)c1ccc(SC(F)(F)F)cc1. The van der Waals surface area contributed by atoms with Gasteiger partial charge in [-0.2, -0.15) is 18.4 Å². The van der Waals surface area contributed by atoms with Crippen LogP contribution in [0.25, 0.3) is 0 Å². The molecule has 1 aromatic rings. The zero-order valence-corrected chi connectivity index (χ0v) is 8.83. The van der Waals surface area contributed by atoms with Gasteiger partial charge in [-0.1, -0.05) is 12.1 Å². The van der Waals surface area contributed by atoms with Gasteiger partial charge in [-0.3, -0.25) is 0 Å². The normalized spacial score (nSPS) is 13.3. The number of nitriles is 1. The van der Waals surface area contributed by atoms with E-state index in [0.29, 0.717) is 5.56 Å². The van der Waals surface area contributed by atoms with E-state index in [9.17, 15) is 13.2 Å². The third-order valence-electron chi connectivity index (χ3n) is 1.52. The zero-order chi connectivity index (χ0) is 11.5. The minimum atomic E-state index is -4.29. The van der Waals surface area contributed by atoms with Crippen LogP contribution in [0, 0.1) is 11.3 Å². The molecule has 1 nitrogen and oxygen atoms in total. The second-order valence-electron chi connectivity index (χ2n) is 2.61. The molecule has 1 unspecified atom stereocenters. The van der Waals surface area contributed by atoms with Crippen molar-refractivity contribution in [3.8, 4) is 6.07 Å². The fraction of sp³-hybridized carbons (Fsp3) is 0.222. The number of nitrogens with zero attached hydrogens (tertiary/aromatic N) is 1. The number of hydrogen-bond donors (Lipinski definition) is 0. The van der Waals surface area contributed by atoms with E-state index in [1.54, 1.807) is 6.07 Å². The first kappa shape index (κ1) is 12.2. The summed E-state index contributed by atoms with van der Waals surface area (Å²) >= 11 is 5.39. The molecule has 0 aliphatic heterocycles. The Labute approximate surface area is 93.8 Å². The first-order valence-electron chi connectivity index (χ1n) is 3.82. The topological polar surface area (TPSA) is 23.8 Å². The Hall–Kier alpha value is -0.860. The summed E-state index contributed by atoms with van der Waals surface area (Å²) in [4.78, 5) is 0.0769. The molecule has 15 heavy (non-hydrogen) atoms. The summed E-state index contributed by atoms with van der Waals surface area (Å²) < 4.78 is 35.9. The summed E-state index contributed by atoms with van der Waals surface area (Å²) in [6.07, 6.45) is 0. The number of benzene rings is 1. The molecule has 0 spiro atoms. The van der Waals surface area contributed by atoms with Gasteiger partial charge in [0.15, 0.2) is 0 Å². The van der Waals surface area contributed by atoms with Gasteiger partial charge in [0.05, 0.1) is 6.07 Å². The summed E-state index contributed by atoms with van der Waals surface area (Å²) in [6.45, 7) is 0. The predicted octanol–water partition coefficient (Wildman–Crippen LogP) is 4.10. The van der Waals surface area contributed by atoms with Crippen LogP contribution >= 0.6 is 23.4 Å². The Bertz CT molecular complexity index is 368. The molecule has 0 heterocycles. The molecule has 0 fully saturated rings. The first-order valence-corrected chi connectivity index (χ1v) is 5.07. The summed E-state index contributed by atoms with van der Waals surface area (Å²) in [5.41, 5.74) is -3.80. The number of hydrogen-bond acceptors (Lipinski definition) is 2. The highest BCUT2D eigenvalue weighted by Gasteiger charge is 2.29. The Balaban J connectivity index is 2.78. The monoisotopic (exact) mass is 251 g/mol. The van der Waals surface area contributed by atoms with Crippen LogP contribution in [0.4, 0.5) is 13.2 Å². The van der Waals surface area contributed by atoms with Crippen LogP contribution < -0.4 is 0 Å². The third-order valence-corrected chi connectivity index (χ3v) is 2.61. The number of rotatable bonds is 2. The second kappa shape index (κ2) is 4.77. The van der Waals surface area contributed by atoms with Crippen molar-refractivity contribution in [3.63, 3.8) is 0 Å². The van der Waals surface area contributed by atoms with E-state index < -0.39 is 10.9 Å². The maximum atomic E-state index is 12.0. The van der Waals surface area contributed by atoms with Gasteiger partial charge in [0, 0.05) is 4.90 Å². The molecule has 0 saturated carbocycles. The molecule has 0 aromatic heterocycles. The van der Waals surface area contributed by atoms with E-state index in [0.717, 1.165) is 0 Å². The first-order chi connectivity index (χ1) is 6.92. The Morgan fingerprint density at radius 3 is 2.20 bits per heavy atom. The van der Waals surface area contributed by atoms with Gasteiger partial charge in [-0.05, 0) is 29.5 Å². The minimum Gasteiger partial charge on any atom is -0.196 e. The molecule has 0 bridgehead atoms. The number of alkyl halides is 4. The van der Waals surface area contributed by atoms with Crippen molar-refractivity contribution in [1.82, 2.24) is 0 Å². The Kier molecular flexibility index (Phi) is 3.89. The fourth-order valence-corrected chi connectivity index (χ4v) is 1.60. The standard InChI is InChI=1S/C9H5ClF3NS/c10-8(5-14)6-1-3-7(4-2-6)15-9(11,12)13/h1-4,8H. The van der Waals surface area contributed by atoms with E-state index >= 15 is 0 Å². The van der Waals surface area contributed by atoms with Gasteiger partial charge in [0.25, 0.3) is 0 Å². The average molecular weight is 252 g/mol. The quantitative estimate of drug-likeness (QED) is 0.584. The van der Waals surface area contributed by atoms with Crippen LogP contribution in [0.2, 0.25) is 0 Å². The Morgan fingerprint density at radius 2 is 1.80 bits per heavy atom. The van der Waals surface area contributed by atoms with Gasteiger partial charge in [-0.15, -0.1) is 11.6 Å². The van der Waals surface area contributed by atoms with Crippen LogP contribution in [-0.4, -0.2) is 5.51 Å². The van der Waals surface area contributed by atoms with Crippen molar-refractivity contribution >= 4 is 23.4 Å². The second-order valence-corrected chi connectivity index (χ2v) is 4.18.